The molecule has 0 aromatic carbocycles. The molecule has 0 aliphatic heterocycles. The van der Waals surface area contributed by atoms with Crippen LogP contribution < -0.4 is 4.74 Å². The van der Waals surface area contributed by atoms with E-state index in [-0.39, 0.29) is 5.95 Å². The number of methoxy groups -OCH3 is 1. The SMILES string of the molecule is COc1cc(/N=C/c2cn3c(F)cccc3n2)ccn1. The van der Waals surface area contributed by atoms with Crippen LogP contribution in [-0.4, -0.2) is 27.7 Å². The van der Waals surface area contributed by atoms with E-state index in [1.54, 1.807) is 50.0 Å². The van der Waals surface area contributed by atoms with Gasteiger partial charge >= 0.3 is 0 Å². The zero-order chi connectivity index (χ0) is 13.9. The third-order valence-corrected chi connectivity index (χ3v) is 2.73. The Morgan fingerprint density at radius 1 is 1.35 bits per heavy atom. The van der Waals surface area contributed by atoms with Crippen molar-refractivity contribution in [3.05, 3.63) is 54.4 Å². The minimum atomic E-state index is -0.361. The number of fused-ring (bicyclic) bond motifs is 1. The second kappa shape index (κ2) is 5.08. The van der Waals surface area contributed by atoms with Gasteiger partial charge in [0.05, 0.1) is 19.0 Å². The molecular weight excluding hydrogens is 259 g/mol. The summed E-state index contributed by atoms with van der Waals surface area (Å²) in [4.78, 5) is 12.5. The van der Waals surface area contributed by atoms with Gasteiger partial charge < -0.3 is 4.74 Å². The van der Waals surface area contributed by atoms with Gasteiger partial charge in [0.25, 0.3) is 0 Å². The third kappa shape index (κ3) is 2.35. The van der Waals surface area contributed by atoms with Crippen molar-refractivity contribution >= 4 is 17.5 Å². The first kappa shape index (κ1) is 12.3. The van der Waals surface area contributed by atoms with Gasteiger partial charge in [0, 0.05) is 18.5 Å². The van der Waals surface area contributed by atoms with Crippen LogP contribution in [0.4, 0.5) is 10.1 Å². The number of nitrogens with zero attached hydrogens (tertiary/aromatic N) is 4. The highest BCUT2D eigenvalue weighted by atomic mass is 19.1. The Morgan fingerprint density at radius 2 is 2.25 bits per heavy atom. The quantitative estimate of drug-likeness (QED) is 0.543. The summed E-state index contributed by atoms with van der Waals surface area (Å²) in [6, 6.07) is 8.17. The van der Waals surface area contributed by atoms with Gasteiger partial charge in [0.1, 0.15) is 11.3 Å². The van der Waals surface area contributed by atoms with Crippen molar-refractivity contribution in [1.82, 2.24) is 14.4 Å². The Morgan fingerprint density at radius 3 is 3.05 bits per heavy atom. The van der Waals surface area contributed by atoms with Crippen molar-refractivity contribution in [2.45, 2.75) is 0 Å². The Bertz CT molecular complexity index is 782. The van der Waals surface area contributed by atoms with E-state index in [0.29, 0.717) is 22.9 Å². The topological polar surface area (TPSA) is 51.8 Å². The summed E-state index contributed by atoms with van der Waals surface area (Å²) in [7, 11) is 1.54. The lowest BCUT2D eigenvalue weighted by atomic mass is 10.4. The highest BCUT2D eigenvalue weighted by Crippen LogP contribution is 2.16. The van der Waals surface area contributed by atoms with E-state index in [9.17, 15) is 4.39 Å². The third-order valence-electron chi connectivity index (χ3n) is 2.73. The number of imidazole rings is 1. The lowest BCUT2D eigenvalue weighted by Gasteiger charge is -1.97. The molecule has 100 valence electrons. The van der Waals surface area contributed by atoms with Crippen LogP contribution in [0.15, 0.2) is 47.7 Å². The minimum Gasteiger partial charge on any atom is -0.481 e. The number of rotatable bonds is 3. The molecule has 0 amide bonds. The average Bonchev–Trinajstić information content (AvgIpc) is 2.90. The van der Waals surface area contributed by atoms with Crippen LogP contribution in [-0.2, 0) is 0 Å². The van der Waals surface area contributed by atoms with E-state index in [0.717, 1.165) is 0 Å². The molecular formula is C14H11FN4O. The Balaban J connectivity index is 1.92. The summed E-state index contributed by atoms with van der Waals surface area (Å²) in [6.45, 7) is 0. The van der Waals surface area contributed by atoms with E-state index in [4.69, 9.17) is 4.74 Å². The molecule has 0 spiro atoms. The fourth-order valence-electron chi connectivity index (χ4n) is 1.79. The molecule has 3 aromatic rings. The zero-order valence-corrected chi connectivity index (χ0v) is 10.7. The maximum Gasteiger partial charge on any atom is 0.215 e. The number of hydrogen-bond acceptors (Lipinski definition) is 4. The smallest absolute Gasteiger partial charge is 0.215 e. The Labute approximate surface area is 114 Å². The molecule has 0 saturated carbocycles. The van der Waals surface area contributed by atoms with Crippen LogP contribution >= 0.6 is 0 Å². The summed E-state index contributed by atoms with van der Waals surface area (Å²) < 4.78 is 19.9. The van der Waals surface area contributed by atoms with Crippen LogP contribution in [0.3, 0.4) is 0 Å². The van der Waals surface area contributed by atoms with Crippen molar-refractivity contribution < 1.29 is 9.13 Å². The molecule has 3 aromatic heterocycles. The van der Waals surface area contributed by atoms with Crippen LogP contribution in [0.25, 0.3) is 5.65 Å². The van der Waals surface area contributed by atoms with Gasteiger partial charge in [-0.3, -0.25) is 9.39 Å². The summed E-state index contributed by atoms with van der Waals surface area (Å²) >= 11 is 0. The Kier molecular flexibility index (Phi) is 3.12. The summed E-state index contributed by atoms with van der Waals surface area (Å²) in [5.41, 5.74) is 1.80. The molecule has 6 heteroatoms. The number of pyridine rings is 2. The molecule has 0 fully saturated rings. The fraction of sp³-hybridized carbons (Fsp3) is 0.0714. The lowest BCUT2D eigenvalue weighted by molar-refractivity contribution is 0.398. The first-order chi connectivity index (χ1) is 9.76. The number of halogens is 1. The normalized spacial score (nSPS) is 11.3. The first-order valence-electron chi connectivity index (χ1n) is 5.94. The molecule has 20 heavy (non-hydrogen) atoms. The highest BCUT2D eigenvalue weighted by Gasteiger charge is 2.02. The molecule has 0 bridgehead atoms. The molecule has 0 unspecified atom stereocenters. The maximum atomic E-state index is 13.5. The highest BCUT2D eigenvalue weighted by molar-refractivity contribution is 5.80. The van der Waals surface area contributed by atoms with Gasteiger partial charge in [-0.15, -0.1) is 0 Å². The largest absolute Gasteiger partial charge is 0.481 e. The molecule has 5 nitrogen and oxygen atoms in total. The zero-order valence-electron chi connectivity index (χ0n) is 10.7. The average molecular weight is 270 g/mol. The first-order valence-corrected chi connectivity index (χ1v) is 5.94. The second-order valence-electron chi connectivity index (χ2n) is 4.06. The van der Waals surface area contributed by atoms with Crippen molar-refractivity contribution in [2.75, 3.05) is 7.11 Å². The molecule has 3 heterocycles. The summed E-state index contributed by atoms with van der Waals surface area (Å²) in [5.74, 6) is 0.126. The van der Waals surface area contributed by atoms with E-state index >= 15 is 0 Å². The fourth-order valence-corrected chi connectivity index (χ4v) is 1.79. The van der Waals surface area contributed by atoms with Crippen LogP contribution in [0.5, 0.6) is 5.88 Å². The number of aromatic nitrogens is 3. The predicted molar refractivity (Wildman–Crippen MR) is 73.2 cm³/mol. The molecule has 0 N–H and O–H groups in total. The van der Waals surface area contributed by atoms with E-state index in [2.05, 4.69) is 15.0 Å². The predicted octanol–water partition coefficient (Wildman–Crippen LogP) is 2.63. The van der Waals surface area contributed by atoms with Crippen molar-refractivity contribution in [3.63, 3.8) is 0 Å². The molecule has 3 rings (SSSR count). The van der Waals surface area contributed by atoms with Crippen molar-refractivity contribution in [3.8, 4) is 5.88 Å². The van der Waals surface area contributed by atoms with Gasteiger partial charge in [0.2, 0.25) is 5.88 Å². The van der Waals surface area contributed by atoms with Crippen molar-refractivity contribution in [2.24, 2.45) is 4.99 Å². The van der Waals surface area contributed by atoms with Gasteiger partial charge in [-0.25, -0.2) is 9.97 Å². The summed E-state index contributed by atoms with van der Waals surface area (Å²) in [6.07, 6.45) is 4.77. The Hall–Kier alpha value is -2.76. The van der Waals surface area contributed by atoms with E-state index in [1.165, 1.54) is 10.5 Å². The van der Waals surface area contributed by atoms with E-state index in [1.807, 2.05) is 0 Å². The molecule has 0 aliphatic rings. The molecule has 0 aliphatic carbocycles. The molecule has 0 saturated heterocycles. The van der Waals surface area contributed by atoms with Crippen LogP contribution in [0.1, 0.15) is 5.69 Å². The van der Waals surface area contributed by atoms with Crippen LogP contribution in [0, 0.1) is 5.95 Å². The van der Waals surface area contributed by atoms with Gasteiger partial charge in [-0.2, -0.15) is 4.39 Å². The standard InChI is InChI=1S/C14H11FN4O/c1-20-14-7-10(5-6-16-14)17-8-11-9-19-12(15)3-2-4-13(19)18-11/h2-9H,1H3/b17-8+. The van der Waals surface area contributed by atoms with Gasteiger partial charge in [-0.05, 0) is 18.2 Å². The van der Waals surface area contributed by atoms with E-state index < -0.39 is 0 Å². The molecule has 0 radical (unpaired) electrons. The van der Waals surface area contributed by atoms with Gasteiger partial charge in [0.15, 0.2) is 5.95 Å². The summed E-state index contributed by atoms with van der Waals surface area (Å²) in [5, 5.41) is 0. The monoisotopic (exact) mass is 270 g/mol. The maximum absolute atomic E-state index is 13.5. The number of hydrogen-bond donors (Lipinski definition) is 0. The lowest BCUT2D eigenvalue weighted by Crippen LogP contribution is -1.88. The van der Waals surface area contributed by atoms with Crippen LogP contribution in [0.2, 0.25) is 0 Å². The number of ether oxygens (including phenoxy) is 1. The second-order valence-corrected chi connectivity index (χ2v) is 4.06. The number of aliphatic imine (C=N–C) groups is 1. The van der Waals surface area contributed by atoms with Crippen molar-refractivity contribution in [1.29, 1.82) is 0 Å². The minimum absolute atomic E-state index is 0.361. The molecule has 0 atom stereocenters. The van der Waals surface area contributed by atoms with Gasteiger partial charge in [-0.1, -0.05) is 6.07 Å².